The molecule has 0 unspecified atom stereocenters. The van der Waals surface area contributed by atoms with Crippen LogP contribution in [0.1, 0.15) is 55.0 Å². The fourth-order valence-corrected chi connectivity index (χ4v) is 3.81. The standard InChI is InChI=1S/C24H35N3O3/c1-19(2)27(17-20-8-7-9-21(16-20)29-3)18-22-10-11-23(30-22)24(28)25-12-15-26-13-5-4-6-14-26/h7-11,16,19H,4-6,12-15,17-18H2,1-3H3,(H,25,28). The molecule has 0 atom stereocenters. The van der Waals surface area contributed by atoms with Gasteiger partial charge in [0.05, 0.1) is 13.7 Å². The summed E-state index contributed by atoms with van der Waals surface area (Å²) in [5, 5.41) is 2.99. The lowest BCUT2D eigenvalue weighted by Gasteiger charge is -2.26. The molecule has 2 heterocycles. The lowest BCUT2D eigenvalue weighted by atomic mass is 10.1. The van der Waals surface area contributed by atoms with Gasteiger partial charge in [-0.15, -0.1) is 0 Å². The highest BCUT2D eigenvalue weighted by atomic mass is 16.5. The summed E-state index contributed by atoms with van der Waals surface area (Å²) in [5.41, 5.74) is 1.19. The number of amides is 1. The number of methoxy groups -OCH3 is 1. The second-order valence-corrected chi connectivity index (χ2v) is 8.27. The highest BCUT2D eigenvalue weighted by molar-refractivity contribution is 5.91. The molecule has 1 amide bonds. The Morgan fingerprint density at radius 2 is 1.97 bits per heavy atom. The van der Waals surface area contributed by atoms with E-state index in [1.807, 2.05) is 18.2 Å². The van der Waals surface area contributed by atoms with E-state index in [1.165, 1.54) is 24.8 Å². The average Bonchev–Trinajstić information content (AvgIpc) is 3.23. The lowest BCUT2D eigenvalue weighted by molar-refractivity contribution is 0.0913. The third-order valence-corrected chi connectivity index (χ3v) is 5.66. The number of likely N-dealkylation sites (tertiary alicyclic amines) is 1. The van der Waals surface area contributed by atoms with Crippen LogP contribution < -0.4 is 10.1 Å². The molecular weight excluding hydrogens is 378 g/mol. The largest absolute Gasteiger partial charge is 0.497 e. The zero-order valence-electron chi connectivity index (χ0n) is 18.5. The molecule has 3 rings (SSSR count). The number of hydrogen-bond donors (Lipinski definition) is 1. The SMILES string of the molecule is COc1cccc(CN(Cc2ccc(C(=O)NCCN3CCCCC3)o2)C(C)C)c1. The molecule has 164 valence electrons. The van der Waals surface area contributed by atoms with E-state index in [0.29, 0.717) is 24.9 Å². The molecule has 1 aromatic carbocycles. The van der Waals surface area contributed by atoms with E-state index in [4.69, 9.17) is 9.15 Å². The Morgan fingerprint density at radius 3 is 2.70 bits per heavy atom. The van der Waals surface area contributed by atoms with Crippen LogP contribution in [-0.4, -0.2) is 55.0 Å². The highest BCUT2D eigenvalue weighted by Gasteiger charge is 2.17. The molecule has 1 aliphatic heterocycles. The fourth-order valence-electron chi connectivity index (χ4n) is 3.81. The van der Waals surface area contributed by atoms with Gasteiger partial charge in [0.15, 0.2) is 5.76 Å². The smallest absolute Gasteiger partial charge is 0.287 e. The van der Waals surface area contributed by atoms with Crippen molar-refractivity contribution in [2.45, 2.75) is 52.2 Å². The van der Waals surface area contributed by atoms with Crippen LogP contribution in [0.2, 0.25) is 0 Å². The number of hydrogen-bond acceptors (Lipinski definition) is 5. The van der Waals surface area contributed by atoms with Crippen LogP contribution in [0.3, 0.4) is 0 Å². The lowest BCUT2D eigenvalue weighted by Crippen LogP contribution is -2.37. The molecular formula is C24H35N3O3. The molecule has 30 heavy (non-hydrogen) atoms. The van der Waals surface area contributed by atoms with Crippen LogP contribution in [0.5, 0.6) is 5.75 Å². The summed E-state index contributed by atoms with van der Waals surface area (Å²) in [6.07, 6.45) is 3.85. The van der Waals surface area contributed by atoms with E-state index in [0.717, 1.165) is 37.7 Å². The van der Waals surface area contributed by atoms with Crippen LogP contribution in [0.15, 0.2) is 40.8 Å². The van der Waals surface area contributed by atoms with E-state index in [9.17, 15) is 4.79 Å². The van der Waals surface area contributed by atoms with Gasteiger partial charge in [0.1, 0.15) is 11.5 Å². The number of ether oxygens (including phenoxy) is 1. The Labute approximate surface area is 180 Å². The highest BCUT2D eigenvalue weighted by Crippen LogP contribution is 2.19. The molecule has 0 spiro atoms. The third-order valence-electron chi connectivity index (χ3n) is 5.66. The fraction of sp³-hybridized carbons (Fsp3) is 0.542. The third kappa shape index (κ3) is 6.61. The maximum atomic E-state index is 12.4. The second kappa shape index (κ2) is 11.2. The molecule has 2 aromatic rings. The number of rotatable bonds is 10. The average molecular weight is 414 g/mol. The topological polar surface area (TPSA) is 58.0 Å². The Kier molecular flexibility index (Phi) is 8.34. The van der Waals surface area contributed by atoms with E-state index in [1.54, 1.807) is 13.2 Å². The quantitative estimate of drug-likeness (QED) is 0.640. The summed E-state index contributed by atoms with van der Waals surface area (Å²) >= 11 is 0. The van der Waals surface area contributed by atoms with Gasteiger partial charge in [-0.3, -0.25) is 9.69 Å². The van der Waals surface area contributed by atoms with Crippen LogP contribution >= 0.6 is 0 Å². The summed E-state index contributed by atoms with van der Waals surface area (Å²) < 4.78 is 11.2. The molecule has 1 aliphatic rings. The van der Waals surface area contributed by atoms with Crippen molar-refractivity contribution < 1.29 is 13.9 Å². The molecule has 1 fully saturated rings. The minimum absolute atomic E-state index is 0.137. The van der Waals surface area contributed by atoms with Gasteiger partial charge in [-0.2, -0.15) is 0 Å². The number of nitrogens with one attached hydrogen (secondary N) is 1. The zero-order valence-corrected chi connectivity index (χ0v) is 18.5. The monoisotopic (exact) mass is 413 g/mol. The molecule has 6 heteroatoms. The number of piperidine rings is 1. The zero-order chi connectivity index (χ0) is 21.3. The first kappa shape index (κ1) is 22.4. The van der Waals surface area contributed by atoms with Crippen LogP contribution in [0.25, 0.3) is 0 Å². The molecule has 0 saturated carbocycles. The van der Waals surface area contributed by atoms with Crippen molar-refractivity contribution in [2.24, 2.45) is 0 Å². The van der Waals surface area contributed by atoms with E-state index < -0.39 is 0 Å². The van der Waals surface area contributed by atoms with Crippen molar-refractivity contribution in [1.82, 2.24) is 15.1 Å². The van der Waals surface area contributed by atoms with Gasteiger partial charge < -0.3 is 19.4 Å². The van der Waals surface area contributed by atoms with E-state index >= 15 is 0 Å². The first-order chi connectivity index (χ1) is 14.5. The van der Waals surface area contributed by atoms with Crippen molar-refractivity contribution in [3.63, 3.8) is 0 Å². The molecule has 1 saturated heterocycles. The van der Waals surface area contributed by atoms with Gasteiger partial charge in [0.25, 0.3) is 5.91 Å². The Balaban J connectivity index is 1.52. The van der Waals surface area contributed by atoms with Gasteiger partial charge in [-0.05, 0) is 69.6 Å². The van der Waals surface area contributed by atoms with Crippen LogP contribution in [-0.2, 0) is 13.1 Å². The van der Waals surface area contributed by atoms with Gasteiger partial charge >= 0.3 is 0 Å². The number of nitrogens with zero attached hydrogens (tertiary/aromatic N) is 2. The first-order valence-electron chi connectivity index (χ1n) is 11.0. The van der Waals surface area contributed by atoms with Gasteiger partial charge in [0.2, 0.25) is 0 Å². The Bertz CT molecular complexity index is 796. The first-order valence-corrected chi connectivity index (χ1v) is 11.0. The Hall–Kier alpha value is -2.31. The minimum Gasteiger partial charge on any atom is -0.497 e. The van der Waals surface area contributed by atoms with Crippen molar-refractivity contribution >= 4 is 5.91 Å². The van der Waals surface area contributed by atoms with Crippen LogP contribution in [0.4, 0.5) is 0 Å². The Morgan fingerprint density at radius 1 is 1.17 bits per heavy atom. The summed E-state index contributed by atoms with van der Waals surface area (Å²) in [4.78, 5) is 17.2. The molecule has 1 aromatic heterocycles. The maximum absolute atomic E-state index is 12.4. The van der Waals surface area contributed by atoms with E-state index in [2.05, 4.69) is 41.1 Å². The normalized spacial score (nSPS) is 15.0. The minimum atomic E-state index is -0.137. The van der Waals surface area contributed by atoms with Crippen molar-refractivity contribution in [3.05, 3.63) is 53.5 Å². The summed E-state index contributed by atoms with van der Waals surface area (Å²) in [7, 11) is 1.68. The molecule has 0 aliphatic carbocycles. The van der Waals surface area contributed by atoms with Crippen molar-refractivity contribution in [1.29, 1.82) is 0 Å². The van der Waals surface area contributed by atoms with E-state index in [-0.39, 0.29) is 5.91 Å². The van der Waals surface area contributed by atoms with Gasteiger partial charge in [-0.1, -0.05) is 18.6 Å². The number of carbonyl (C=O) groups is 1. The van der Waals surface area contributed by atoms with Crippen LogP contribution in [0, 0.1) is 0 Å². The van der Waals surface area contributed by atoms with Crippen molar-refractivity contribution in [2.75, 3.05) is 33.3 Å². The second-order valence-electron chi connectivity index (χ2n) is 8.27. The summed E-state index contributed by atoms with van der Waals surface area (Å²) in [5.74, 6) is 1.90. The molecule has 0 radical (unpaired) electrons. The predicted molar refractivity (Wildman–Crippen MR) is 119 cm³/mol. The summed E-state index contributed by atoms with van der Waals surface area (Å²) in [6.45, 7) is 9.60. The number of furan rings is 1. The summed E-state index contributed by atoms with van der Waals surface area (Å²) in [6, 6.07) is 12.1. The number of benzene rings is 1. The molecule has 6 nitrogen and oxygen atoms in total. The van der Waals surface area contributed by atoms with Gasteiger partial charge in [0, 0.05) is 25.7 Å². The van der Waals surface area contributed by atoms with Crippen molar-refractivity contribution in [3.8, 4) is 5.75 Å². The maximum Gasteiger partial charge on any atom is 0.287 e. The predicted octanol–water partition coefficient (Wildman–Crippen LogP) is 3.91. The molecule has 0 bridgehead atoms. The molecule has 1 N–H and O–H groups in total. The van der Waals surface area contributed by atoms with Gasteiger partial charge in [-0.25, -0.2) is 0 Å². The number of carbonyl (C=O) groups excluding carboxylic acids is 1.